The number of esters is 1. The molecule has 1 heterocycles. The van der Waals surface area contributed by atoms with E-state index in [9.17, 15) is 18.0 Å². The third-order valence-corrected chi connectivity index (χ3v) is 4.87. The molecule has 0 fully saturated rings. The number of methoxy groups -OCH3 is 3. The molecule has 1 aromatic heterocycles. The number of carbonyl (C=O) groups excluding carboxylic acids is 1. The zero-order valence-corrected chi connectivity index (χ0v) is 18.5. The van der Waals surface area contributed by atoms with Crippen molar-refractivity contribution in [3.63, 3.8) is 0 Å². The highest BCUT2D eigenvalue weighted by molar-refractivity contribution is 5.82. The second-order valence-electron chi connectivity index (χ2n) is 6.86. The molecule has 176 valence electrons. The highest BCUT2D eigenvalue weighted by atomic mass is 19.4. The Kier molecular flexibility index (Phi) is 7.15. The van der Waals surface area contributed by atoms with E-state index in [1.165, 1.54) is 44.4 Å². The van der Waals surface area contributed by atoms with E-state index in [-0.39, 0.29) is 13.2 Å². The second kappa shape index (κ2) is 9.85. The normalized spacial score (nSPS) is 11.2. The van der Waals surface area contributed by atoms with Crippen molar-refractivity contribution < 1.29 is 36.9 Å². The van der Waals surface area contributed by atoms with Gasteiger partial charge in [-0.1, -0.05) is 12.1 Å². The Morgan fingerprint density at radius 1 is 0.970 bits per heavy atom. The molecule has 3 rings (SSSR count). The van der Waals surface area contributed by atoms with E-state index in [0.29, 0.717) is 39.8 Å². The Labute approximate surface area is 188 Å². The van der Waals surface area contributed by atoms with E-state index < -0.39 is 17.7 Å². The van der Waals surface area contributed by atoms with Crippen LogP contribution in [-0.2, 0) is 22.3 Å². The molecule has 0 N–H and O–H groups in total. The van der Waals surface area contributed by atoms with Crippen molar-refractivity contribution in [2.24, 2.45) is 0 Å². The summed E-state index contributed by atoms with van der Waals surface area (Å²) in [5.41, 5.74) is 1.07. The molecule has 0 saturated heterocycles. The Bertz CT molecular complexity index is 1100. The average molecular weight is 464 g/mol. The summed E-state index contributed by atoms with van der Waals surface area (Å²) in [6.45, 7) is 1.72. The number of ether oxygens (including phenoxy) is 4. The molecule has 0 saturated carbocycles. The van der Waals surface area contributed by atoms with E-state index in [1.807, 2.05) is 0 Å². The molecule has 0 aliphatic carbocycles. The highest BCUT2D eigenvalue weighted by Crippen LogP contribution is 2.43. The molecule has 0 amide bonds. The lowest BCUT2D eigenvalue weighted by molar-refractivity contribution is -0.143. The van der Waals surface area contributed by atoms with E-state index in [0.717, 1.165) is 12.1 Å². The van der Waals surface area contributed by atoms with Crippen LogP contribution in [0.4, 0.5) is 13.2 Å². The van der Waals surface area contributed by atoms with E-state index in [1.54, 1.807) is 19.1 Å². The maximum atomic E-state index is 13.1. The number of alkyl halides is 3. The van der Waals surface area contributed by atoms with Gasteiger partial charge in [-0.2, -0.15) is 13.2 Å². The lowest BCUT2D eigenvalue weighted by Crippen LogP contribution is -2.13. The lowest BCUT2D eigenvalue weighted by Gasteiger charge is -2.15. The third kappa shape index (κ3) is 5.05. The number of carbonyl (C=O) groups is 1. The zero-order valence-electron chi connectivity index (χ0n) is 18.5. The summed E-state index contributed by atoms with van der Waals surface area (Å²) in [5.74, 6) is 0.639. The maximum absolute atomic E-state index is 13.1. The van der Waals surface area contributed by atoms with Crippen molar-refractivity contribution in [3.8, 4) is 39.8 Å². The molecule has 0 spiro atoms. The molecule has 0 aliphatic heterocycles. The van der Waals surface area contributed by atoms with Crippen LogP contribution in [0.2, 0.25) is 0 Å². The van der Waals surface area contributed by atoms with Crippen LogP contribution >= 0.6 is 0 Å². The van der Waals surface area contributed by atoms with Crippen LogP contribution in [0.1, 0.15) is 12.5 Å². The highest BCUT2D eigenvalue weighted by Gasteiger charge is 2.30. The molecule has 7 nitrogen and oxygen atoms in total. The molecule has 2 aromatic carbocycles. The van der Waals surface area contributed by atoms with E-state index >= 15 is 0 Å². The molecule has 0 bridgehead atoms. The van der Waals surface area contributed by atoms with Crippen molar-refractivity contribution in [3.05, 3.63) is 48.3 Å². The molecule has 33 heavy (non-hydrogen) atoms. The monoisotopic (exact) mass is 464 g/mol. The van der Waals surface area contributed by atoms with E-state index in [4.69, 9.17) is 18.9 Å². The van der Waals surface area contributed by atoms with Crippen molar-refractivity contribution in [1.82, 2.24) is 9.55 Å². The minimum Gasteiger partial charge on any atom is -0.493 e. The number of benzene rings is 2. The van der Waals surface area contributed by atoms with Gasteiger partial charge in [0.2, 0.25) is 5.75 Å². The van der Waals surface area contributed by atoms with Gasteiger partial charge in [-0.3, -0.25) is 4.79 Å². The van der Waals surface area contributed by atoms with Gasteiger partial charge in [0.05, 0.1) is 51.2 Å². The van der Waals surface area contributed by atoms with Crippen LogP contribution in [0.15, 0.2) is 42.7 Å². The summed E-state index contributed by atoms with van der Waals surface area (Å²) in [6, 6.07) is 7.98. The minimum atomic E-state index is -4.47. The van der Waals surface area contributed by atoms with Gasteiger partial charge in [0, 0.05) is 11.1 Å². The number of hydrogen-bond acceptors (Lipinski definition) is 6. The fraction of sp³-hybridized carbons (Fsp3) is 0.304. The Morgan fingerprint density at radius 3 is 2.06 bits per heavy atom. The number of aromatic nitrogens is 2. The van der Waals surface area contributed by atoms with Gasteiger partial charge < -0.3 is 23.5 Å². The van der Waals surface area contributed by atoms with E-state index in [2.05, 4.69) is 4.98 Å². The van der Waals surface area contributed by atoms with Crippen LogP contribution < -0.4 is 14.2 Å². The maximum Gasteiger partial charge on any atom is 0.416 e. The summed E-state index contributed by atoms with van der Waals surface area (Å²) < 4.78 is 61.9. The summed E-state index contributed by atoms with van der Waals surface area (Å²) in [4.78, 5) is 16.6. The molecule has 0 aliphatic rings. The van der Waals surface area contributed by atoms with Crippen LogP contribution in [0, 0.1) is 0 Å². The number of halogens is 3. The van der Waals surface area contributed by atoms with Crippen molar-refractivity contribution in [1.29, 1.82) is 0 Å². The van der Waals surface area contributed by atoms with Gasteiger partial charge in [0.25, 0.3) is 0 Å². The smallest absolute Gasteiger partial charge is 0.416 e. The topological polar surface area (TPSA) is 71.8 Å². The first-order valence-electron chi connectivity index (χ1n) is 9.92. The Hall–Kier alpha value is -3.69. The lowest BCUT2D eigenvalue weighted by atomic mass is 10.0. The predicted molar refractivity (Wildman–Crippen MR) is 114 cm³/mol. The average Bonchev–Trinajstić information content (AvgIpc) is 3.20. The van der Waals surface area contributed by atoms with Crippen molar-refractivity contribution in [2.45, 2.75) is 19.6 Å². The van der Waals surface area contributed by atoms with Gasteiger partial charge in [-0.25, -0.2) is 4.98 Å². The standard InChI is InChI=1S/C23H23F3N2O5/c1-5-33-19(29)12-28-13-27-20(15-10-17(30-2)22(32-4)18(11-15)31-3)21(28)14-6-8-16(9-7-14)23(24,25)26/h6-11,13H,5,12H2,1-4H3. The molecule has 0 radical (unpaired) electrons. The number of nitrogens with zero attached hydrogens (tertiary/aromatic N) is 2. The number of imidazole rings is 1. The van der Waals surface area contributed by atoms with Gasteiger partial charge in [0.15, 0.2) is 11.5 Å². The molecule has 10 heteroatoms. The quantitative estimate of drug-likeness (QED) is 0.445. The fourth-order valence-corrected chi connectivity index (χ4v) is 3.40. The fourth-order valence-electron chi connectivity index (χ4n) is 3.40. The van der Waals surface area contributed by atoms with Gasteiger partial charge in [0.1, 0.15) is 6.54 Å². The van der Waals surface area contributed by atoms with Crippen molar-refractivity contribution >= 4 is 5.97 Å². The number of rotatable bonds is 8. The molecular weight excluding hydrogens is 441 g/mol. The Morgan fingerprint density at radius 2 is 1.58 bits per heavy atom. The van der Waals surface area contributed by atoms with Gasteiger partial charge in [-0.15, -0.1) is 0 Å². The van der Waals surface area contributed by atoms with Crippen LogP contribution in [0.5, 0.6) is 17.2 Å². The molecular formula is C23H23F3N2O5. The predicted octanol–water partition coefficient (Wildman–Crippen LogP) is 4.82. The third-order valence-electron chi connectivity index (χ3n) is 4.87. The second-order valence-corrected chi connectivity index (χ2v) is 6.86. The summed E-state index contributed by atoms with van der Waals surface area (Å²) in [6.07, 6.45) is -3.04. The first-order valence-corrected chi connectivity index (χ1v) is 9.92. The SMILES string of the molecule is CCOC(=O)Cn1cnc(-c2cc(OC)c(OC)c(OC)c2)c1-c1ccc(C(F)(F)F)cc1. The summed E-state index contributed by atoms with van der Waals surface area (Å²) in [5, 5.41) is 0. The molecule has 0 atom stereocenters. The summed E-state index contributed by atoms with van der Waals surface area (Å²) in [7, 11) is 4.41. The first kappa shape index (κ1) is 24.0. The van der Waals surface area contributed by atoms with Gasteiger partial charge in [-0.05, 0) is 31.2 Å². The summed E-state index contributed by atoms with van der Waals surface area (Å²) >= 11 is 0. The van der Waals surface area contributed by atoms with Gasteiger partial charge >= 0.3 is 12.1 Å². The Balaban J connectivity index is 2.19. The van der Waals surface area contributed by atoms with Crippen molar-refractivity contribution in [2.75, 3.05) is 27.9 Å². The first-order chi connectivity index (χ1) is 15.7. The molecule has 3 aromatic rings. The number of hydrogen-bond donors (Lipinski definition) is 0. The van der Waals surface area contributed by atoms with Crippen LogP contribution in [0.3, 0.4) is 0 Å². The minimum absolute atomic E-state index is 0.165. The van der Waals surface area contributed by atoms with Crippen LogP contribution in [0.25, 0.3) is 22.5 Å². The zero-order chi connectivity index (χ0) is 24.2. The van der Waals surface area contributed by atoms with Crippen LogP contribution in [-0.4, -0.2) is 43.5 Å². The largest absolute Gasteiger partial charge is 0.493 e. The molecule has 0 unspecified atom stereocenters.